The van der Waals surface area contributed by atoms with Gasteiger partial charge in [0.1, 0.15) is 0 Å². The maximum absolute atomic E-state index is 13.3. The first-order chi connectivity index (χ1) is 16.3. The van der Waals surface area contributed by atoms with Gasteiger partial charge in [-0.15, -0.1) is 0 Å². The topological polar surface area (TPSA) is 92.1 Å². The molecule has 0 fully saturated rings. The van der Waals surface area contributed by atoms with Gasteiger partial charge in [-0.3, -0.25) is 9.78 Å². The van der Waals surface area contributed by atoms with Crippen LogP contribution in [-0.2, 0) is 22.4 Å². The molecule has 0 saturated carbocycles. The minimum atomic E-state index is -0.500. The zero-order valence-corrected chi connectivity index (χ0v) is 19.9. The lowest BCUT2D eigenvalue weighted by Gasteiger charge is -2.37. The van der Waals surface area contributed by atoms with Crippen molar-refractivity contribution in [2.75, 3.05) is 11.9 Å². The lowest BCUT2D eigenvalue weighted by molar-refractivity contribution is -0.119. The molecule has 34 heavy (non-hydrogen) atoms. The predicted molar refractivity (Wildman–Crippen MR) is 131 cm³/mol. The number of aromatic nitrogens is 1. The van der Waals surface area contributed by atoms with Gasteiger partial charge in [0.05, 0.1) is 22.7 Å². The summed E-state index contributed by atoms with van der Waals surface area (Å²) in [6, 6.07) is 16.1. The van der Waals surface area contributed by atoms with Gasteiger partial charge in [0, 0.05) is 16.8 Å². The van der Waals surface area contributed by atoms with Crippen LogP contribution >= 0.6 is 0 Å². The highest BCUT2D eigenvalue weighted by Crippen LogP contribution is 2.41. The van der Waals surface area contributed by atoms with Gasteiger partial charge in [0.2, 0.25) is 0 Å². The van der Waals surface area contributed by atoms with E-state index in [4.69, 9.17) is 15.0 Å². The fourth-order valence-electron chi connectivity index (χ4n) is 4.61. The molecule has 1 atom stereocenters. The molecule has 1 aromatic heterocycles. The van der Waals surface area contributed by atoms with Gasteiger partial charge in [-0.2, -0.15) is 5.26 Å². The molecule has 6 nitrogen and oxygen atoms in total. The van der Waals surface area contributed by atoms with Gasteiger partial charge in [-0.05, 0) is 66.5 Å². The van der Waals surface area contributed by atoms with E-state index in [1.807, 2.05) is 30.3 Å². The SMILES string of the molecule is CCC(C)(C)C1CCc2nc3ccccc3c(C(=O)OCC(=O)Nc3ccc(C#N)cc3)c2C1. The van der Waals surface area contributed by atoms with Crippen LogP contribution in [0.3, 0.4) is 0 Å². The van der Waals surface area contributed by atoms with E-state index in [0.29, 0.717) is 22.7 Å². The van der Waals surface area contributed by atoms with E-state index in [1.165, 1.54) is 0 Å². The second-order valence-electron chi connectivity index (χ2n) is 9.52. The van der Waals surface area contributed by atoms with Crippen molar-refractivity contribution in [3.8, 4) is 6.07 Å². The summed E-state index contributed by atoms with van der Waals surface area (Å²) in [4.78, 5) is 30.6. The number of rotatable bonds is 6. The molecule has 4 rings (SSSR count). The summed E-state index contributed by atoms with van der Waals surface area (Å²) in [6.07, 6.45) is 3.70. The smallest absolute Gasteiger partial charge is 0.339 e. The number of pyridine rings is 1. The van der Waals surface area contributed by atoms with Crippen LogP contribution in [0, 0.1) is 22.7 Å². The summed E-state index contributed by atoms with van der Waals surface area (Å²) < 4.78 is 5.50. The highest BCUT2D eigenvalue weighted by Gasteiger charge is 2.34. The van der Waals surface area contributed by atoms with Crippen LogP contribution in [0.2, 0.25) is 0 Å². The third-order valence-corrected chi connectivity index (χ3v) is 7.11. The first-order valence-corrected chi connectivity index (χ1v) is 11.7. The fourth-order valence-corrected chi connectivity index (χ4v) is 4.61. The van der Waals surface area contributed by atoms with Crippen LogP contribution in [0.25, 0.3) is 10.9 Å². The van der Waals surface area contributed by atoms with Crippen LogP contribution in [0.4, 0.5) is 5.69 Å². The normalized spacial score (nSPS) is 15.3. The number of amides is 1. The molecule has 1 heterocycles. The van der Waals surface area contributed by atoms with E-state index in [2.05, 4.69) is 26.1 Å². The molecule has 1 N–H and O–H groups in total. The van der Waals surface area contributed by atoms with E-state index >= 15 is 0 Å². The standard InChI is InChI=1S/C28H29N3O3/c1-4-28(2,3)19-11-14-24-22(15-19)26(21-7-5-6-8-23(21)31-24)27(33)34-17-25(32)30-20-12-9-18(16-29)10-13-20/h5-10,12-13,19H,4,11,14-15,17H2,1-3H3,(H,30,32). The van der Waals surface area contributed by atoms with Gasteiger partial charge in [-0.1, -0.05) is 45.4 Å². The Morgan fingerprint density at radius 2 is 1.91 bits per heavy atom. The molecule has 0 bridgehead atoms. The van der Waals surface area contributed by atoms with Crippen LogP contribution < -0.4 is 5.32 Å². The number of nitriles is 1. The number of nitrogens with zero attached hydrogens (tertiary/aromatic N) is 2. The summed E-state index contributed by atoms with van der Waals surface area (Å²) in [7, 11) is 0. The monoisotopic (exact) mass is 455 g/mol. The first kappa shape index (κ1) is 23.4. The Labute approximate surface area is 200 Å². The largest absolute Gasteiger partial charge is 0.452 e. The van der Waals surface area contributed by atoms with Gasteiger partial charge in [0.25, 0.3) is 5.91 Å². The van der Waals surface area contributed by atoms with Crippen LogP contribution in [0.1, 0.15) is 60.8 Å². The Morgan fingerprint density at radius 1 is 1.18 bits per heavy atom. The minimum absolute atomic E-state index is 0.158. The van der Waals surface area contributed by atoms with Crippen LogP contribution in [-0.4, -0.2) is 23.5 Å². The van der Waals surface area contributed by atoms with Gasteiger partial charge in [-0.25, -0.2) is 4.79 Å². The number of aryl methyl sites for hydroxylation is 1. The number of carbonyl (C=O) groups excluding carboxylic acids is 2. The molecular weight excluding hydrogens is 426 g/mol. The van der Waals surface area contributed by atoms with Gasteiger partial charge in [0.15, 0.2) is 6.61 Å². The number of para-hydroxylation sites is 1. The summed E-state index contributed by atoms with van der Waals surface area (Å²) in [5.74, 6) is -0.491. The Morgan fingerprint density at radius 3 is 2.62 bits per heavy atom. The zero-order valence-electron chi connectivity index (χ0n) is 19.9. The molecule has 3 aromatic rings. The fraction of sp³-hybridized carbons (Fsp3) is 0.357. The molecule has 0 radical (unpaired) electrons. The number of nitrogens with one attached hydrogen (secondary N) is 1. The number of anilines is 1. The van der Waals surface area contributed by atoms with E-state index < -0.39 is 18.5 Å². The average Bonchev–Trinajstić information content (AvgIpc) is 2.85. The molecule has 6 heteroatoms. The molecular formula is C28H29N3O3. The molecule has 1 amide bonds. The lowest BCUT2D eigenvalue weighted by atomic mass is 9.68. The number of ether oxygens (including phenoxy) is 1. The molecule has 0 aliphatic heterocycles. The summed E-state index contributed by atoms with van der Waals surface area (Å²) in [5, 5.41) is 12.4. The Balaban J connectivity index is 1.57. The maximum atomic E-state index is 13.3. The molecule has 1 unspecified atom stereocenters. The number of hydrogen-bond acceptors (Lipinski definition) is 5. The van der Waals surface area contributed by atoms with Crippen molar-refractivity contribution in [2.45, 2.75) is 46.5 Å². The Kier molecular flexibility index (Phi) is 6.65. The average molecular weight is 456 g/mol. The summed E-state index contributed by atoms with van der Waals surface area (Å²) in [6.45, 7) is 6.37. The molecule has 0 saturated heterocycles. The van der Waals surface area contributed by atoms with E-state index in [9.17, 15) is 9.59 Å². The second-order valence-corrected chi connectivity index (χ2v) is 9.52. The third-order valence-electron chi connectivity index (χ3n) is 7.11. The highest BCUT2D eigenvalue weighted by atomic mass is 16.5. The third kappa shape index (κ3) is 4.79. The number of fused-ring (bicyclic) bond motifs is 2. The van der Waals surface area contributed by atoms with Crippen molar-refractivity contribution in [1.29, 1.82) is 5.26 Å². The Hall–Kier alpha value is -3.72. The van der Waals surface area contributed by atoms with Crippen molar-refractivity contribution in [3.63, 3.8) is 0 Å². The molecule has 0 spiro atoms. The molecule has 1 aliphatic carbocycles. The highest BCUT2D eigenvalue weighted by molar-refractivity contribution is 6.06. The van der Waals surface area contributed by atoms with E-state index in [-0.39, 0.29) is 5.41 Å². The molecule has 2 aromatic carbocycles. The predicted octanol–water partition coefficient (Wildman–Crippen LogP) is 5.44. The quantitative estimate of drug-likeness (QED) is 0.500. The maximum Gasteiger partial charge on any atom is 0.339 e. The van der Waals surface area contributed by atoms with Crippen molar-refractivity contribution >= 4 is 28.5 Å². The number of esters is 1. The number of benzene rings is 2. The number of carbonyl (C=O) groups is 2. The molecule has 174 valence electrons. The second kappa shape index (κ2) is 9.64. The number of hydrogen-bond donors (Lipinski definition) is 1. The van der Waals surface area contributed by atoms with Gasteiger partial charge >= 0.3 is 5.97 Å². The van der Waals surface area contributed by atoms with E-state index in [0.717, 1.165) is 47.8 Å². The summed E-state index contributed by atoms with van der Waals surface area (Å²) >= 11 is 0. The van der Waals surface area contributed by atoms with Crippen molar-refractivity contribution < 1.29 is 14.3 Å². The molecule has 1 aliphatic rings. The summed E-state index contributed by atoms with van der Waals surface area (Å²) in [5.41, 5.74) is 4.40. The minimum Gasteiger partial charge on any atom is -0.452 e. The van der Waals surface area contributed by atoms with Crippen molar-refractivity contribution in [3.05, 3.63) is 70.9 Å². The van der Waals surface area contributed by atoms with Crippen molar-refractivity contribution in [2.24, 2.45) is 11.3 Å². The first-order valence-electron chi connectivity index (χ1n) is 11.7. The van der Waals surface area contributed by atoms with Crippen LogP contribution in [0.15, 0.2) is 48.5 Å². The zero-order chi connectivity index (χ0) is 24.3. The van der Waals surface area contributed by atoms with E-state index in [1.54, 1.807) is 24.3 Å². The lowest BCUT2D eigenvalue weighted by Crippen LogP contribution is -2.31. The van der Waals surface area contributed by atoms with Crippen molar-refractivity contribution in [1.82, 2.24) is 4.98 Å². The van der Waals surface area contributed by atoms with Gasteiger partial charge < -0.3 is 10.1 Å². The van der Waals surface area contributed by atoms with Crippen LogP contribution in [0.5, 0.6) is 0 Å². The Bertz CT molecular complexity index is 1270.